The van der Waals surface area contributed by atoms with Crippen LogP contribution in [-0.4, -0.2) is 22.2 Å². The van der Waals surface area contributed by atoms with Gasteiger partial charge in [-0.1, -0.05) is 24.3 Å². The standard InChI is InChI=1S/C62H72N2S2/c1-3-55(65-9-1)57-51-7-5-49(63(59-25-37-11-38(26-59)13-39(12-37)27-59)60-28-40-14-41(29-60)16-42(15-40)30-60)23-53(51)54-24-50(6-8-52(54)58(57)56-4-2-10-66-56)64(61-31-43-17-44(32-61)19-45(18-43)33-61)62-34-46-20-47(35-62)22-48(21-46)36-62/h1-10,23-24,37-48H,11-22,25-36H2. The van der Waals surface area contributed by atoms with Gasteiger partial charge in [0.2, 0.25) is 0 Å². The Labute approximate surface area is 402 Å². The SMILES string of the molecule is c1csc(-c2c(-c3cccs3)c3ccc(N(C45CC6CC(CC(C6)C4)C5)C45CC6CC(CC(C6)C4)C5)cc3c3cc(N(C45CC6CC(CC(C6)C4)C5)C45CC6CC(CC(C6)C4)C5)ccc23)c1. The maximum atomic E-state index is 3.36. The van der Waals surface area contributed by atoms with Crippen LogP contribution in [0.5, 0.6) is 0 Å². The van der Waals surface area contributed by atoms with Crippen LogP contribution in [0.2, 0.25) is 0 Å². The first-order valence-electron chi connectivity index (χ1n) is 28.0. The van der Waals surface area contributed by atoms with Gasteiger partial charge in [0.15, 0.2) is 0 Å². The fraction of sp³-hybridized carbons (Fsp3) is 0.645. The Morgan fingerprint density at radius 2 is 0.576 bits per heavy atom. The first kappa shape index (κ1) is 39.0. The molecule has 3 aromatic carbocycles. The van der Waals surface area contributed by atoms with E-state index in [1.54, 1.807) is 22.1 Å². The second-order valence-electron chi connectivity index (χ2n) is 27.4. The average molecular weight is 909 g/mol. The minimum atomic E-state index is 0.344. The Hall–Kier alpha value is -2.82. The van der Waals surface area contributed by atoms with Crippen LogP contribution in [0.1, 0.15) is 154 Å². The molecule has 16 fully saturated rings. The molecule has 0 saturated heterocycles. The van der Waals surface area contributed by atoms with Crippen LogP contribution in [0, 0.1) is 71.0 Å². The van der Waals surface area contributed by atoms with Gasteiger partial charge in [-0.2, -0.15) is 0 Å². The summed E-state index contributed by atoms with van der Waals surface area (Å²) in [4.78, 5) is 9.59. The molecule has 66 heavy (non-hydrogen) atoms. The van der Waals surface area contributed by atoms with Crippen LogP contribution in [-0.2, 0) is 0 Å². The predicted molar refractivity (Wildman–Crippen MR) is 277 cm³/mol. The molecule has 2 aromatic heterocycles. The summed E-state index contributed by atoms with van der Waals surface area (Å²) >= 11 is 3.91. The zero-order chi connectivity index (χ0) is 42.7. The van der Waals surface area contributed by atoms with E-state index in [2.05, 4.69) is 81.2 Å². The zero-order valence-corrected chi connectivity index (χ0v) is 41.2. The predicted octanol–water partition coefficient (Wildman–Crippen LogP) is 16.9. The molecule has 2 nitrogen and oxygen atoms in total. The summed E-state index contributed by atoms with van der Waals surface area (Å²) < 4.78 is 0. The van der Waals surface area contributed by atoms with Crippen LogP contribution in [0.4, 0.5) is 11.4 Å². The molecular formula is C62H72N2S2. The fourth-order valence-electron chi connectivity index (χ4n) is 23.3. The highest BCUT2D eigenvalue weighted by atomic mass is 32.1. The van der Waals surface area contributed by atoms with Crippen molar-refractivity contribution in [2.24, 2.45) is 71.0 Å². The molecule has 5 aromatic rings. The van der Waals surface area contributed by atoms with E-state index in [1.165, 1.54) is 186 Å². The molecule has 0 aliphatic heterocycles. The van der Waals surface area contributed by atoms with Crippen molar-refractivity contribution in [1.82, 2.24) is 0 Å². The summed E-state index contributed by atoms with van der Waals surface area (Å²) in [7, 11) is 0. The molecule has 0 N–H and O–H groups in total. The minimum absolute atomic E-state index is 0.344. The van der Waals surface area contributed by atoms with Crippen molar-refractivity contribution >= 4 is 55.6 Å². The maximum Gasteiger partial charge on any atom is 0.0416 e. The largest absolute Gasteiger partial charge is 0.360 e. The number of thiophene rings is 2. The lowest BCUT2D eigenvalue weighted by Crippen LogP contribution is -2.71. The van der Waals surface area contributed by atoms with Gasteiger partial charge in [-0.15, -0.1) is 22.7 Å². The first-order chi connectivity index (χ1) is 32.3. The molecule has 0 spiro atoms. The Bertz CT molecular complexity index is 2360. The normalized spacial score (nSPS) is 45.0. The van der Waals surface area contributed by atoms with Crippen LogP contribution in [0.25, 0.3) is 42.4 Å². The second kappa shape index (κ2) is 13.5. The van der Waals surface area contributed by atoms with E-state index in [9.17, 15) is 0 Å². The van der Waals surface area contributed by atoms with Crippen molar-refractivity contribution in [2.75, 3.05) is 9.80 Å². The third-order valence-corrected chi connectivity index (χ3v) is 24.8. The van der Waals surface area contributed by atoms with Crippen molar-refractivity contribution in [1.29, 1.82) is 0 Å². The second-order valence-corrected chi connectivity index (χ2v) is 29.3. The quantitative estimate of drug-likeness (QED) is 0.143. The van der Waals surface area contributed by atoms with Gasteiger partial charge in [-0.25, -0.2) is 0 Å². The smallest absolute Gasteiger partial charge is 0.0416 e. The molecule has 16 saturated carbocycles. The monoisotopic (exact) mass is 909 g/mol. The van der Waals surface area contributed by atoms with E-state index in [1.807, 2.05) is 22.7 Å². The van der Waals surface area contributed by atoms with Crippen LogP contribution in [0.15, 0.2) is 71.4 Å². The molecule has 4 heteroatoms. The topological polar surface area (TPSA) is 6.48 Å². The molecule has 0 amide bonds. The Balaban J connectivity index is 0.924. The van der Waals surface area contributed by atoms with Gasteiger partial charge in [0.05, 0.1) is 0 Å². The van der Waals surface area contributed by atoms with Gasteiger partial charge in [-0.05, 0) is 294 Å². The Kier molecular flexibility index (Phi) is 7.98. The highest BCUT2D eigenvalue weighted by Crippen LogP contribution is 2.68. The van der Waals surface area contributed by atoms with E-state index >= 15 is 0 Å². The highest BCUT2D eigenvalue weighted by molar-refractivity contribution is 7.14. The van der Waals surface area contributed by atoms with Crippen molar-refractivity contribution in [2.45, 2.75) is 176 Å². The van der Waals surface area contributed by atoms with Gasteiger partial charge in [0, 0.05) is 54.4 Å². The molecule has 342 valence electrons. The molecule has 0 unspecified atom stereocenters. The summed E-state index contributed by atoms with van der Waals surface area (Å²) in [6.45, 7) is 0. The van der Waals surface area contributed by atoms with E-state index < -0.39 is 0 Å². The lowest BCUT2D eigenvalue weighted by molar-refractivity contribution is -0.0561. The summed E-state index contributed by atoms with van der Waals surface area (Å²) in [5, 5.41) is 10.8. The summed E-state index contributed by atoms with van der Waals surface area (Å²) in [5.74, 6) is 11.4. The number of rotatable bonds is 8. The molecular weight excluding hydrogens is 837 g/mol. The molecule has 0 radical (unpaired) electrons. The van der Waals surface area contributed by atoms with Crippen molar-refractivity contribution < 1.29 is 0 Å². The zero-order valence-electron chi connectivity index (χ0n) is 39.5. The summed E-state index contributed by atoms with van der Waals surface area (Å²) in [6.07, 6.45) is 35.9. The number of nitrogens with zero attached hydrogens (tertiary/aromatic N) is 2. The average Bonchev–Trinajstić information content (AvgIpc) is 4.00. The summed E-state index contributed by atoms with van der Waals surface area (Å²) in [6, 6.07) is 26.1. The molecule has 16 bridgehead atoms. The number of hydrogen-bond acceptors (Lipinski definition) is 4. The van der Waals surface area contributed by atoms with E-state index in [0.717, 1.165) is 71.0 Å². The van der Waals surface area contributed by atoms with Gasteiger partial charge >= 0.3 is 0 Å². The molecule has 16 aliphatic carbocycles. The van der Waals surface area contributed by atoms with Crippen molar-refractivity contribution in [3.8, 4) is 20.9 Å². The molecule has 2 heterocycles. The van der Waals surface area contributed by atoms with E-state index in [0.29, 0.717) is 22.2 Å². The van der Waals surface area contributed by atoms with Crippen LogP contribution >= 0.6 is 22.7 Å². The first-order valence-corrected chi connectivity index (χ1v) is 29.8. The lowest BCUT2D eigenvalue weighted by atomic mass is 9.48. The number of anilines is 2. The summed E-state index contributed by atoms with van der Waals surface area (Å²) in [5.41, 5.74) is 7.60. The van der Waals surface area contributed by atoms with E-state index in [-0.39, 0.29) is 0 Å². The van der Waals surface area contributed by atoms with Crippen molar-refractivity contribution in [3.63, 3.8) is 0 Å². The van der Waals surface area contributed by atoms with Gasteiger partial charge in [0.1, 0.15) is 0 Å². The minimum Gasteiger partial charge on any atom is -0.360 e. The van der Waals surface area contributed by atoms with Crippen LogP contribution < -0.4 is 9.80 Å². The number of hydrogen-bond donors (Lipinski definition) is 0. The van der Waals surface area contributed by atoms with Crippen LogP contribution in [0.3, 0.4) is 0 Å². The fourth-order valence-corrected chi connectivity index (χ4v) is 24.9. The number of fused-ring (bicyclic) bond motifs is 3. The number of benzene rings is 3. The highest BCUT2D eigenvalue weighted by Gasteiger charge is 2.64. The lowest BCUT2D eigenvalue weighted by Gasteiger charge is -2.69. The molecule has 21 rings (SSSR count). The van der Waals surface area contributed by atoms with E-state index in [4.69, 9.17) is 0 Å². The third kappa shape index (κ3) is 5.47. The third-order valence-electron chi connectivity index (χ3n) is 23.1. The molecule has 0 atom stereocenters. The van der Waals surface area contributed by atoms with Gasteiger partial charge < -0.3 is 9.80 Å². The van der Waals surface area contributed by atoms with Crippen molar-refractivity contribution in [3.05, 3.63) is 71.4 Å². The Morgan fingerprint density at radius 1 is 0.318 bits per heavy atom. The van der Waals surface area contributed by atoms with Gasteiger partial charge in [-0.3, -0.25) is 0 Å². The maximum absolute atomic E-state index is 3.36. The van der Waals surface area contributed by atoms with Gasteiger partial charge in [0.25, 0.3) is 0 Å². The molecule has 16 aliphatic rings. The Morgan fingerprint density at radius 3 is 0.803 bits per heavy atom.